The Hall–Kier alpha value is -4.11. The highest BCUT2D eigenvalue weighted by atomic mass is 32.2. The van der Waals surface area contributed by atoms with Crippen LogP contribution in [0, 0.1) is 6.92 Å². The third-order valence-electron chi connectivity index (χ3n) is 4.97. The van der Waals surface area contributed by atoms with E-state index in [4.69, 9.17) is 4.74 Å². The minimum Gasteiger partial charge on any atom is -0.492 e. The summed E-state index contributed by atoms with van der Waals surface area (Å²) in [6.07, 6.45) is 3.10. The van der Waals surface area contributed by atoms with Crippen molar-refractivity contribution in [1.82, 2.24) is 14.8 Å². The van der Waals surface area contributed by atoms with Crippen LogP contribution in [0.5, 0.6) is 5.75 Å². The first-order valence-electron chi connectivity index (χ1n) is 11.0. The Labute approximate surface area is 207 Å². The van der Waals surface area contributed by atoms with Crippen molar-refractivity contribution in [2.75, 3.05) is 23.0 Å². The molecule has 0 saturated carbocycles. The number of amides is 2. The second-order valence-corrected chi connectivity index (χ2v) is 8.71. The first-order chi connectivity index (χ1) is 17.1. The summed E-state index contributed by atoms with van der Waals surface area (Å²) in [4.78, 5) is 30.0. The number of carbonyl (C=O) groups is 2. The van der Waals surface area contributed by atoms with Gasteiger partial charge in [0, 0.05) is 22.3 Å². The van der Waals surface area contributed by atoms with E-state index in [0.717, 1.165) is 16.1 Å². The summed E-state index contributed by atoms with van der Waals surface area (Å²) in [5, 5.41) is 9.83. The quantitative estimate of drug-likeness (QED) is 0.316. The van der Waals surface area contributed by atoms with E-state index in [2.05, 4.69) is 20.7 Å². The Morgan fingerprint density at radius 1 is 0.971 bits per heavy atom. The number of aromatic nitrogens is 3. The largest absolute Gasteiger partial charge is 0.492 e. The van der Waals surface area contributed by atoms with Crippen LogP contribution in [0.3, 0.4) is 0 Å². The van der Waals surface area contributed by atoms with Crippen LogP contribution in [0.25, 0.3) is 0 Å². The van der Waals surface area contributed by atoms with Gasteiger partial charge in [0.1, 0.15) is 25.0 Å². The van der Waals surface area contributed by atoms with Crippen LogP contribution in [0.2, 0.25) is 0 Å². The van der Waals surface area contributed by atoms with Gasteiger partial charge in [0.2, 0.25) is 5.91 Å². The van der Waals surface area contributed by atoms with Gasteiger partial charge in [0.15, 0.2) is 0 Å². The molecule has 1 aromatic heterocycles. The first-order valence-corrected chi connectivity index (χ1v) is 12.0. The Bertz CT molecular complexity index is 1280. The van der Waals surface area contributed by atoms with E-state index in [1.54, 1.807) is 35.3 Å². The molecule has 35 heavy (non-hydrogen) atoms. The maximum absolute atomic E-state index is 13.0. The molecule has 0 spiro atoms. The van der Waals surface area contributed by atoms with E-state index in [0.29, 0.717) is 30.2 Å². The molecule has 0 aliphatic carbocycles. The smallest absolute Gasteiger partial charge is 0.256 e. The summed E-state index contributed by atoms with van der Waals surface area (Å²) >= 11 is 1.32. The van der Waals surface area contributed by atoms with Crippen molar-refractivity contribution in [3.63, 3.8) is 0 Å². The second kappa shape index (κ2) is 11.8. The van der Waals surface area contributed by atoms with E-state index in [1.165, 1.54) is 18.1 Å². The van der Waals surface area contributed by atoms with Crippen molar-refractivity contribution in [3.8, 4) is 5.75 Å². The van der Waals surface area contributed by atoms with Gasteiger partial charge in [-0.2, -0.15) is 5.10 Å². The van der Waals surface area contributed by atoms with Crippen molar-refractivity contribution >= 4 is 35.0 Å². The fraction of sp³-hybridized carbons (Fsp3) is 0.154. The third-order valence-corrected chi connectivity index (χ3v) is 6.05. The number of carbonyl (C=O) groups excluding carboxylic acids is 2. The van der Waals surface area contributed by atoms with Gasteiger partial charge in [-0.3, -0.25) is 9.59 Å². The summed E-state index contributed by atoms with van der Waals surface area (Å²) in [7, 11) is 0. The lowest BCUT2D eigenvalue weighted by Gasteiger charge is -2.12. The molecule has 2 N–H and O–H groups in total. The molecule has 0 bridgehead atoms. The van der Waals surface area contributed by atoms with Crippen LogP contribution in [0.1, 0.15) is 15.9 Å². The predicted octanol–water partition coefficient (Wildman–Crippen LogP) is 4.65. The van der Waals surface area contributed by atoms with Crippen molar-refractivity contribution in [2.45, 2.75) is 18.4 Å². The molecule has 4 aromatic rings. The number of hydrogen-bond donors (Lipinski definition) is 2. The van der Waals surface area contributed by atoms with Crippen LogP contribution in [0.15, 0.2) is 90.3 Å². The fourth-order valence-corrected chi connectivity index (χ4v) is 4.07. The van der Waals surface area contributed by atoms with Crippen LogP contribution in [0.4, 0.5) is 11.4 Å². The van der Waals surface area contributed by atoms with Crippen molar-refractivity contribution < 1.29 is 14.3 Å². The van der Waals surface area contributed by atoms with E-state index in [9.17, 15) is 9.59 Å². The SMILES string of the molecule is Cc1ccc(NC(=O)CSc2ccccc2C(=O)Nc2cccc(OCCn3cncn3)c2)cc1. The van der Waals surface area contributed by atoms with Crippen LogP contribution in [-0.4, -0.2) is 38.9 Å². The van der Waals surface area contributed by atoms with E-state index >= 15 is 0 Å². The summed E-state index contributed by atoms with van der Waals surface area (Å²) < 4.78 is 7.44. The lowest BCUT2D eigenvalue weighted by molar-refractivity contribution is -0.113. The van der Waals surface area contributed by atoms with Gasteiger partial charge >= 0.3 is 0 Å². The van der Waals surface area contributed by atoms with E-state index in [-0.39, 0.29) is 17.6 Å². The maximum atomic E-state index is 13.0. The van der Waals surface area contributed by atoms with E-state index < -0.39 is 0 Å². The van der Waals surface area contributed by atoms with Gasteiger partial charge in [-0.05, 0) is 43.3 Å². The van der Waals surface area contributed by atoms with E-state index in [1.807, 2.05) is 55.5 Å². The molecular weight excluding hydrogens is 462 g/mol. The fourth-order valence-electron chi connectivity index (χ4n) is 3.22. The lowest BCUT2D eigenvalue weighted by Crippen LogP contribution is -2.16. The molecular formula is C26H25N5O3S. The van der Waals surface area contributed by atoms with Gasteiger partial charge in [0.05, 0.1) is 17.9 Å². The number of benzene rings is 3. The van der Waals surface area contributed by atoms with Crippen LogP contribution in [-0.2, 0) is 11.3 Å². The number of thioether (sulfide) groups is 1. The zero-order valence-corrected chi connectivity index (χ0v) is 20.0. The predicted molar refractivity (Wildman–Crippen MR) is 137 cm³/mol. The molecule has 4 rings (SSSR count). The first kappa shape index (κ1) is 24.0. The summed E-state index contributed by atoms with van der Waals surface area (Å²) in [5.41, 5.74) is 2.99. The number of rotatable bonds is 10. The topological polar surface area (TPSA) is 98.1 Å². The third kappa shape index (κ3) is 7.18. The Kier molecular flexibility index (Phi) is 8.13. The Morgan fingerprint density at radius 2 is 1.80 bits per heavy atom. The molecule has 0 radical (unpaired) electrons. The Balaban J connectivity index is 1.33. The highest BCUT2D eigenvalue weighted by molar-refractivity contribution is 8.00. The highest BCUT2D eigenvalue weighted by Gasteiger charge is 2.14. The zero-order chi connectivity index (χ0) is 24.5. The Morgan fingerprint density at radius 3 is 2.60 bits per heavy atom. The normalized spacial score (nSPS) is 10.5. The number of aryl methyl sites for hydroxylation is 1. The molecule has 3 aromatic carbocycles. The molecule has 1 heterocycles. The van der Waals surface area contributed by atoms with Gasteiger partial charge in [-0.25, -0.2) is 9.67 Å². The van der Waals surface area contributed by atoms with Gasteiger partial charge in [0.25, 0.3) is 5.91 Å². The van der Waals surface area contributed by atoms with Crippen molar-refractivity contribution in [2.24, 2.45) is 0 Å². The molecule has 9 heteroatoms. The van der Waals surface area contributed by atoms with Crippen molar-refractivity contribution in [3.05, 3.63) is 96.6 Å². The molecule has 8 nitrogen and oxygen atoms in total. The molecule has 0 saturated heterocycles. The standard InChI is InChI=1S/C26H25N5O3S/c1-19-9-11-20(12-10-19)29-25(32)16-35-24-8-3-2-7-23(24)26(33)30-21-5-4-6-22(15-21)34-14-13-31-18-27-17-28-31/h2-12,15,17-18H,13-14,16H2,1H3,(H,29,32)(H,30,33). The van der Waals surface area contributed by atoms with Crippen LogP contribution < -0.4 is 15.4 Å². The minimum atomic E-state index is -0.258. The zero-order valence-electron chi connectivity index (χ0n) is 19.2. The monoisotopic (exact) mass is 487 g/mol. The van der Waals surface area contributed by atoms with Gasteiger partial charge in [-0.15, -0.1) is 11.8 Å². The summed E-state index contributed by atoms with van der Waals surface area (Å²) in [6, 6.07) is 22.1. The van der Waals surface area contributed by atoms with Crippen LogP contribution >= 0.6 is 11.8 Å². The number of nitrogens with one attached hydrogen (secondary N) is 2. The molecule has 0 aliphatic rings. The summed E-state index contributed by atoms with van der Waals surface area (Å²) in [5.74, 6) is 0.433. The molecule has 2 amide bonds. The maximum Gasteiger partial charge on any atom is 0.256 e. The lowest BCUT2D eigenvalue weighted by atomic mass is 10.2. The number of nitrogens with zero attached hydrogens (tertiary/aromatic N) is 3. The number of ether oxygens (including phenoxy) is 1. The minimum absolute atomic E-state index is 0.134. The molecule has 0 fully saturated rings. The molecule has 178 valence electrons. The number of anilines is 2. The second-order valence-electron chi connectivity index (χ2n) is 7.69. The molecule has 0 unspecified atom stereocenters. The summed E-state index contributed by atoms with van der Waals surface area (Å²) in [6.45, 7) is 2.98. The average molecular weight is 488 g/mol. The highest BCUT2D eigenvalue weighted by Crippen LogP contribution is 2.25. The van der Waals surface area contributed by atoms with Crippen molar-refractivity contribution in [1.29, 1.82) is 0 Å². The molecule has 0 atom stereocenters. The molecule has 0 aliphatic heterocycles. The number of hydrogen-bond acceptors (Lipinski definition) is 6. The van der Waals surface area contributed by atoms with Gasteiger partial charge < -0.3 is 15.4 Å². The average Bonchev–Trinajstić information content (AvgIpc) is 3.38. The van der Waals surface area contributed by atoms with Gasteiger partial charge in [-0.1, -0.05) is 35.9 Å².